The van der Waals surface area contributed by atoms with Crippen LogP contribution >= 0.6 is 0 Å². The summed E-state index contributed by atoms with van der Waals surface area (Å²) >= 11 is 0. The van der Waals surface area contributed by atoms with Gasteiger partial charge in [-0.1, -0.05) is 6.92 Å². The van der Waals surface area contributed by atoms with Crippen LogP contribution in [0.15, 0.2) is 6.20 Å². The Morgan fingerprint density at radius 3 is 2.94 bits per heavy atom. The molecule has 0 amide bonds. The van der Waals surface area contributed by atoms with Gasteiger partial charge in [0, 0.05) is 13.1 Å². The molecule has 16 heavy (non-hydrogen) atoms. The number of rotatable bonds is 3. The Bertz CT molecular complexity index is 503. The fourth-order valence-electron chi connectivity index (χ4n) is 1.43. The Hall–Kier alpha value is -1.85. The minimum atomic E-state index is 0.324. The van der Waals surface area contributed by atoms with Crippen LogP contribution < -0.4 is 11.1 Å². The molecular formula is C10H16N6. The van der Waals surface area contributed by atoms with E-state index in [1.54, 1.807) is 10.9 Å². The lowest BCUT2D eigenvalue weighted by atomic mass is 10.3. The summed E-state index contributed by atoms with van der Waals surface area (Å²) < 4.78 is 1.69. The van der Waals surface area contributed by atoms with E-state index in [2.05, 4.69) is 34.2 Å². The van der Waals surface area contributed by atoms with Crippen LogP contribution in [0.25, 0.3) is 11.0 Å². The molecule has 1 atom stereocenters. The Morgan fingerprint density at radius 1 is 1.50 bits per heavy atom. The van der Waals surface area contributed by atoms with Crippen LogP contribution in [0.2, 0.25) is 0 Å². The van der Waals surface area contributed by atoms with Gasteiger partial charge in [0.1, 0.15) is 5.82 Å². The average Bonchev–Trinajstić information content (AvgIpc) is 2.61. The van der Waals surface area contributed by atoms with Gasteiger partial charge in [-0.3, -0.25) is 4.68 Å². The van der Waals surface area contributed by atoms with Crippen molar-refractivity contribution in [3.8, 4) is 0 Å². The van der Waals surface area contributed by atoms with Crippen LogP contribution in [0.1, 0.15) is 20.3 Å². The predicted molar refractivity (Wildman–Crippen MR) is 64.1 cm³/mol. The van der Waals surface area contributed by atoms with Crippen LogP contribution in [0.5, 0.6) is 0 Å². The zero-order chi connectivity index (χ0) is 11.7. The smallest absolute Gasteiger partial charge is 0.226 e. The van der Waals surface area contributed by atoms with Gasteiger partial charge in [-0.25, -0.2) is 0 Å². The molecule has 0 aromatic carbocycles. The van der Waals surface area contributed by atoms with E-state index in [-0.39, 0.29) is 0 Å². The number of nitrogen functional groups attached to an aromatic ring is 1. The van der Waals surface area contributed by atoms with Gasteiger partial charge in [0.2, 0.25) is 5.95 Å². The van der Waals surface area contributed by atoms with E-state index in [0.29, 0.717) is 17.8 Å². The van der Waals surface area contributed by atoms with Gasteiger partial charge in [0.15, 0.2) is 5.65 Å². The van der Waals surface area contributed by atoms with E-state index in [9.17, 15) is 0 Å². The Kier molecular flexibility index (Phi) is 2.64. The van der Waals surface area contributed by atoms with Crippen LogP contribution in [0.3, 0.4) is 0 Å². The van der Waals surface area contributed by atoms with Crippen molar-refractivity contribution in [2.45, 2.75) is 26.3 Å². The molecule has 0 aliphatic carbocycles. The predicted octanol–water partition coefficient (Wildman–Crippen LogP) is 1.16. The maximum absolute atomic E-state index is 5.84. The summed E-state index contributed by atoms with van der Waals surface area (Å²) in [4.78, 5) is 8.59. The molecule has 0 spiro atoms. The van der Waals surface area contributed by atoms with Crippen molar-refractivity contribution in [1.82, 2.24) is 19.7 Å². The van der Waals surface area contributed by atoms with Crippen molar-refractivity contribution >= 4 is 22.8 Å². The van der Waals surface area contributed by atoms with E-state index in [1.165, 1.54) is 0 Å². The number of aromatic nitrogens is 4. The number of nitrogens with zero attached hydrogens (tertiary/aromatic N) is 4. The first kappa shape index (κ1) is 10.7. The zero-order valence-electron chi connectivity index (χ0n) is 9.73. The first-order valence-corrected chi connectivity index (χ1v) is 5.33. The molecule has 6 heteroatoms. The van der Waals surface area contributed by atoms with Gasteiger partial charge < -0.3 is 11.1 Å². The lowest BCUT2D eigenvalue weighted by molar-refractivity contribution is 0.750. The molecule has 0 aliphatic rings. The summed E-state index contributed by atoms with van der Waals surface area (Å²) in [5.41, 5.74) is 6.59. The number of nitrogens with two attached hydrogens (primary N) is 1. The highest BCUT2D eigenvalue weighted by Gasteiger charge is 2.09. The number of hydrogen-bond acceptors (Lipinski definition) is 5. The van der Waals surface area contributed by atoms with E-state index in [0.717, 1.165) is 17.5 Å². The van der Waals surface area contributed by atoms with Crippen molar-refractivity contribution < 1.29 is 0 Å². The summed E-state index contributed by atoms with van der Waals surface area (Å²) in [5, 5.41) is 8.09. The van der Waals surface area contributed by atoms with Gasteiger partial charge in [-0.15, -0.1) is 0 Å². The second-order valence-electron chi connectivity index (χ2n) is 3.89. The summed E-state index contributed by atoms with van der Waals surface area (Å²) in [6.45, 7) is 4.18. The van der Waals surface area contributed by atoms with E-state index in [4.69, 9.17) is 5.73 Å². The molecule has 2 rings (SSSR count). The molecule has 3 N–H and O–H groups in total. The van der Waals surface area contributed by atoms with Crippen molar-refractivity contribution in [3.05, 3.63) is 6.20 Å². The molecular weight excluding hydrogens is 204 g/mol. The van der Waals surface area contributed by atoms with E-state index in [1.807, 2.05) is 7.05 Å². The highest BCUT2D eigenvalue weighted by molar-refractivity contribution is 5.86. The monoisotopic (exact) mass is 220 g/mol. The highest BCUT2D eigenvalue weighted by atomic mass is 15.3. The first-order chi connectivity index (χ1) is 7.61. The van der Waals surface area contributed by atoms with Crippen LogP contribution in [0, 0.1) is 0 Å². The molecule has 0 radical (unpaired) electrons. The summed E-state index contributed by atoms with van der Waals surface area (Å²) in [6.07, 6.45) is 2.68. The van der Waals surface area contributed by atoms with Gasteiger partial charge in [0.25, 0.3) is 0 Å². The molecule has 0 fully saturated rings. The van der Waals surface area contributed by atoms with Gasteiger partial charge in [0.05, 0.1) is 11.6 Å². The SMILES string of the molecule is CCC(C)Nc1nc(N)c2cnn(C)c2n1. The highest BCUT2D eigenvalue weighted by Crippen LogP contribution is 2.18. The number of fused-ring (bicyclic) bond motifs is 1. The Morgan fingerprint density at radius 2 is 2.25 bits per heavy atom. The van der Waals surface area contributed by atoms with Gasteiger partial charge in [-0.05, 0) is 13.3 Å². The summed E-state index contributed by atoms with van der Waals surface area (Å²) in [7, 11) is 1.84. The quantitative estimate of drug-likeness (QED) is 0.811. The number of hydrogen-bond donors (Lipinski definition) is 2. The lowest BCUT2D eigenvalue weighted by Crippen LogP contribution is -2.16. The third kappa shape index (κ3) is 1.78. The van der Waals surface area contributed by atoms with Gasteiger partial charge in [-0.2, -0.15) is 15.1 Å². The Labute approximate surface area is 93.9 Å². The number of aryl methyl sites for hydroxylation is 1. The molecule has 86 valence electrons. The zero-order valence-corrected chi connectivity index (χ0v) is 9.73. The number of anilines is 2. The van der Waals surface area contributed by atoms with E-state index < -0.39 is 0 Å². The molecule has 0 aliphatic heterocycles. The van der Waals surface area contributed by atoms with Crippen LogP contribution in [0.4, 0.5) is 11.8 Å². The maximum atomic E-state index is 5.84. The molecule has 2 heterocycles. The van der Waals surface area contributed by atoms with Crippen molar-refractivity contribution in [1.29, 1.82) is 0 Å². The van der Waals surface area contributed by atoms with Crippen molar-refractivity contribution in [2.75, 3.05) is 11.1 Å². The van der Waals surface area contributed by atoms with Crippen LogP contribution in [-0.2, 0) is 7.05 Å². The largest absolute Gasteiger partial charge is 0.383 e. The average molecular weight is 220 g/mol. The fraction of sp³-hybridized carbons (Fsp3) is 0.500. The topological polar surface area (TPSA) is 81.6 Å². The minimum Gasteiger partial charge on any atom is -0.383 e. The molecule has 1 unspecified atom stereocenters. The third-order valence-electron chi connectivity index (χ3n) is 2.61. The van der Waals surface area contributed by atoms with Crippen LogP contribution in [-0.4, -0.2) is 25.8 Å². The second-order valence-corrected chi connectivity index (χ2v) is 3.89. The van der Waals surface area contributed by atoms with Crippen molar-refractivity contribution in [2.24, 2.45) is 7.05 Å². The molecule has 6 nitrogen and oxygen atoms in total. The van der Waals surface area contributed by atoms with E-state index >= 15 is 0 Å². The molecule has 0 saturated heterocycles. The molecule has 2 aromatic rings. The normalized spacial score (nSPS) is 12.9. The Balaban J connectivity index is 2.44. The third-order valence-corrected chi connectivity index (χ3v) is 2.61. The minimum absolute atomic E-state index is 0.324. The molecule has 0 saturated carbocycles. The van der Waals surface area contributed by atoms with Gasteiger partial charge >= 0.3 is 0 Å². The lowest BCUT2D eigenvalue weighted by Gasteiger charge is -2.11. The first-order valence-electron chi connectivity index (χ1n) is 5.33. The summed E-state index contributed by atoms with van der Waals surface area (Å²) in [6, 6.07) is 0.324. The fourth-order valence-corrected chi connectivity index (χ4v) is 1.43. The summed E-state index contributed by atoms with van der Waals surface area (Å²) in [5.74, 6) is 1.02. The second kappa shape index (κ2) is 3.96. The molecule has 2 aromatic heterocycles. The van der Waals surface area contributed by atoms with Crippen molar-refractivity contribution in [3.63, 3.8) is 0 Å². The molecule has 0 bridgehead atoms. The maximum Gasteiger partial charge on any atom is 0.226 e. The standard InChI is InChI=1S/C10H16N6/c1-4-6(2)13-10-14-8(11)7-5-12-16(3)9(7)15-10/h5-6H,4H2,1-3H3,(H3,11,13,14,15). The number of nitrogens with one attached hydrogen (secondary N) is 1.